The van der Waals surface area contributed by atoms with E-state index in [0.717, 1.165) is 6.54 Å². The number of nitrogens with one attached hydrogen (secondary N) is 1. The summed E-state index contributed by atoms with van der Waals surface area (Å²) in [5.41, 5.74) is 13.0. The molecule has 7 heteroatoms. The number of hydrogen-bond donors (Lipinski definition) is 4. The Morgan fingerprint density at radius 3 is 1.76 bits per heavy atom. The minimum Gasteiger partial charge on any atom is -0.478 e. The molecule has 0 bridgehead atoms. The highest BCUT2D eigenvalue weighted by Crippen LogP contribution is 2.05. The van der Waals surface area contributed by atoms with Crippen molar-refractivity contribution in [1.82, 2.24) is 10.2 Å². The van der Waals surface area contributed by atoms with Crippen LogP contribution in [0.5, 0.6) is 0 Å². The van der Waals surface area contributed by atoms with Gasteiger partial charge in [0, 0.05) is 30.0 Å². The molecule has 2 aromatic rings. The van der Waals surface area contributed by atoms with Crippen LogP contribution in [0.3, 0.4) is 0 Å². The number of hydrogen-bond acceptors (Lipinski definition) is 5. The number of amides is 1. The Kier molecular flexibility index (Phi) is 7.95. The van der Waals surface area contributed by atoms with Crippen molar-refractivity contribution in [3.8, 4) is 0 Å². The third kappa shape index (κ3) is 7.85. The van der Waals surface area contributed by atoms with Crippen molar-refractivity contribution in [1.29, 1.82) is 0 Å². The van der Waals surface area contributed by atoms with E-state index < -0.39 is 5.97 Å². The number of nitrogen functional groups attached to an aromatic ring is 2. The van der Waals surface area contributed by atoms with Crippen molar-refractivity contribution in [2.45, 2.75) is 0 Å². The molecule has 0 fully saturated rings. The van der Waals surface area contributed by atoms with Gasteiger partial charge in [0.2, 0.25) is 0 Å². The van der Waals surface area contributed by atoms with Crippen LogP contribution in [0.15, 0.2) is 48.5 Å². The van der Waals surface area contributed by atoms with E-state index in [-0.39, 0.29) is 11.5 Å². The lowest BCUT2D eigenvalue weighted by atomic mass is 10.2. The Balaban J connectivity index is 0.000000271. The van der Waals surface area contributed by atoms with Gasteiger partial charge in [-0.2, -0.15) is 0 Å². The zero-order valence-electron chi connectivity index (χ0n) is 14.4. The molecule has 0 radical (unpaired) electrons. The maximum absolute atomic E-state index is 11.6. The Morgan fingerprint density at radius 1 is 0.920 bits per heavy atom. The normalized spacial score (nSPS) is 9.88. The van der Waals surface area contributed by atoms with Crippen LogP contribution < -0.4 is 16.8 Å². The zero-order valence-corrected chi connectivity index (χ0v) is 14.4. The summed E-state index contributed by atoms with van der Waals surface area (Å²) in [5.74, 6) is -0.989. The summed E-state index contributed by atoms with van der Waals surface area (Å²) >= 11 is 0. The summed E-state index contributed by atoms with van der Waals surface area (Å²) in [4.78, 5) is 23.9. The molecule has 0 aromatic heterocycles. The summed E-state index contributed by atoms with van der Waals surface area (Å²) in [6, 6.07) is 12.9. The van der Waals surface area contributed by atoms with Gasteiger partial charge in [-0.3, -0.25) is 4.79 Å². The highest BCUT2D eigenvalue weighted by Gasteiger charge is 2.03. The molecule has 0 aliphatic rings. The van der Waals surface area contributed by atoms with Gasteiger partial charge in [0.25, 0.3) is 5.91 Å². The first-order valence-corrected chi connectivity index (χ1v) is 7.67. The van der Waals surface area contributed by atoms with E-state index in [1.807, 2.05) is 19.0 Å². The quantitative estimate of drug-likeness (QED) is 0.610. The molecule has 0 heterocycles. The number of carbonyl (C=O) groups is 2. The molecule has 0 saturated heterocycles. The Morgan fingerprint density at radius 2 is 1.36 bits per heavy atom. The van der Waals surface area contributed by atoms with Crippen molar-refractivity contribution in [3.05, 3.63) is 59.7 Å². The van der Waals surface area contributed by atoms with E-state index in [2.05, 4.69) is 5.32 Å². The SMILES string of the molecule is CN(C)CCNC(=O)c1ccc(N)cc1.Nc1ccc(C(=O)O)cc1. The van der Waals surface area contributed by atoms with E-state index in [1.54, 1.807) is 36.4 Å². The van der Waals surface area contributed by atoms with Crippen molar-refractivity contribution in [3.63, 3.8) is 0 Å². The zero-order chi connectivity index (χ0) is 18.8. The molecular formula is C18H24N4O3. The lowest BCUT2D eigenvalue weighted by molar-refractivity contribution is 0.0696. The van der Waals surface area contributed by atoms with Gasteiger partial charge in [-0.15, -0.1) is 0 Å². The molecule has 134 valence electrons. The summed E-state index contributed by atoms with van der Waals surface area (Å²) in [6.45, 7) is 1.48. The fourth-order valence-electron chi connectivity index (χ4n) is 1.76. The molecule has 0 unspecified atom stereocenters. The third-order valence-corrected chi connectivity index (χ3v) is 3.18. The van der Waals surface area contributed by atoms with Gasteiger partial charge in [-0.05, 0) is 62.6 Å². The lowest BCUT2D eigenvalue weighted by Gasteiger charge is -2.10. The summed E-state index contributed by atoms with van der Waals surface area (Å²) in [6.07, 6.45) is 0. The minimum absolute atomic E-state index is 0.0585. The first-order chi connectivity index (χ1) is 11.8. The van der Waals surface area contributed by atoms with Crippen LogP contribution in [0.4, 0.5) is 11.4 Å². The second-order valence-corrected chi connectivity index (χ2v) is 5.61. The number of nitrogens with zero attached hydrogens (tertiary/aromatic N) is 1. The second kappa shape index (κ2) is 9.94. The van der Waals surface area contributed by atoms with Gasteiger partial charge in [0.1, 0.15) is 0 Å². The number of aromatic carboxylic acids is 1. The van der Waals surface area contributed by atoms with E-state index >= 15 is 0 Å². The molecule has 1 amide bonds. The molecule has 2 rings (SSSR count). The Bertz CT molecular complexity index is 682. The predicted octanol–water partition coefficient (Wildman–Crippen LogP) is 1.53. The summed E-state index contributed by atoms with van der Waals surface area (Å²) < 4.78 is 0. The van der Waals surface area contributed by atoms with Gasteiger partial charge in [-0.1, -0.05) is 0 Å². The number of carboxylic acid groups (broad SMARTS) is 1. The molecule has 0 saturated carbocycles. The van der Waals surface area contributed by atoms with Gasteiger partial charge < -0.3 is 26.8 Å². The van der Waals surface area contributed by atoms with Crippen molar-refractivity contribution in [2.75, 3.05) is 38.7 Å². The molecule has 0 atom stereocenters. The van der Waals surface area contributed by atoms with E-state index in [4.69, 9.17) is 16.6 Å². The molecule has 0 aliphatic heterocycles. The van der Waals surface area contributed by atoms with Crippen LogP contribution in [0.2, 0.25) is 0 Å². The topological polar surface area (TPSA) is 122 Å². The highest BCUT2D eigenvalue weighted by atomic mass is 16.4. The van der Waals surface area contributed by atoms with Crippen LogP contribution >= 0.6 is 0 Å². The Hall–Kier alpha value is -3.06. The van der Waals surface area contributed by atoms with Gasteiger partial charge in [-0.25, -0.2) is 4.79 Å². The number of benzene rings is 2. The van der Waals surface area contributed by atoms with Crippen molar-refractivity contribution < 1.29 is 14.7 Å². The molecular weight excluding hydrogens is 320 g/mol. The number of anilines is 2. The number of rotatable bonds is 5. The van der Waals surface area contributed by atoms with Crippen LogP contribution in [0, 0.1) is 0 Å². The maximum atomic E-state index is 11.6. The van der Waals surface area contributed by atoms with E-state index in [9.17, 15) is 9.59 Å². The van der Waals surface area contributed by atoms with Gasteiger partial charge in [0.15, 0.2) is 0 Å². The number of likely N-dealkylation sites (N-methyl/N-ethyl adjacent to an activating group) is 1. The number of nitrogens with two attached hydrogens (primary N) is 2. The molecule has 0 aliphatic carbocycles. The second-order valence-electron chi connectivity index (χ2n) is 5.61. The van der Waals surface area contributed by atoms with Crippen LogP contribution in [0.25, 0.3) is 0 Å². The van der Waals surface area contributed by atoms with Crippen LogP contribution in [0.1, 0.15) is 20.7 Å². The third-order valence-electron chi connectivity index (χ3n) is 3.18. The smallest absolute Gasteiger partial charge is 0.335 e. The molecule has 25 heavy (non-hydrogen) atoms. The first kappa shape index (κ1) is 20.0. The highest BCUT2D eigenvalue weighted by molar-refractivity contribution is 5.94. The van der Waals surface area contributed by atoms with Gasteiger partial charge >= 0.3 is 5.97 Å². The standard InChI is InChI=1S/C11H17N3O.C7H7NO2/c1-14(2)8-7-13-11(15)9-3-5-10(12)6-4-9;8-6-3-1-5(2-4-6)7(9)10/h3-6H,7-8,12H2,1-2H3,(H,13,15);1-4H,8H2,(H,9,10). The van der Waals surface area contributed by atoms with Gasteiger partial charge in [0.05, 0.1) is 5.56 Å². The van der Waals surface area contributed by atoms with Crippen LogP contribution in [-0.4, -0.2) is 49.1 Å². The number of carbonyl (C=O) groups excluding carboxylic acids is 1. The largest absolute Gasteiger partial charge is 0.478 e. The molecule has 0 spiro atoms. The lowest BCUT2D eigenvalue weighted by Crippen LogP contribution is -2.31. The molecule has 7 nitrogen and oxygen atoms in total. The Labute approximate surface area is 147 Å². The fraction of sp³-hybridized carbons (Fsp3) is 0.222. The fourth-order valence-corrected chi connectivity index (χ4v) is 1.76. The predicted molar refractivity (Wildman–Crippen MR) is 99.6 cm³/mol. The first-order valence-electron chi connectivity index (χ1n) is 7.67. The monoisotopic (exact) mass is 344 g/mol. The average molecular weight is 344 g/mol. The van der Waals surface area contributed by atoms with Crippen molar-refractivity contribution in [2.24, 2.45) is 0 Å². The van der Waals surface area contributed by atoms with Crippen molar-refractivity contribution >= 4 is 23.3 Å². The number of carboxylic acids is 1. The van der Waals surface area contributed by atoms with E-state index in [1.165, 1.54) is 12.1 Å². The minimum atomic E-state index is -0.931. The van der Waals surface area contributed by atoms with E-state index in [0.29, 0.717) is 23.5 Å². The maximum Gasteiger partial charge on any atom is 0.335 e. The molecule has 2 aromatic carbocycles. The average Bonchev–Trinajstić information content (AvgIpc) is 2.56. The van der Waals surface area contributed by atoms with Crippen LogP contribution in [-0.2, 0) is 0 Å². The summed E-state index contributed by atoms with van der Waals surface area (Å²) in [5, 5.41) is 11.3. The summed E-state index contributed by atoms with van der Waals surface area (Å²) in [7, 11) is 3.94. The molecule has 6 N–H and O–H groups in total.